The molecule has 22 heavy (non-hydrogen) atoms. The van der Waals surface area contributed by atoms with Gasteiger partial charge in [-0.05, 0) is 25.5 Å². The summed E-state index contributed by atoms with van der Waals surface area (Å²) < 4.78 is 0. The lowest BCUT2D eigenvalue weighted by molar-refractivity contribution is -0.139. The summed E-state index contributed by atoms with van der Waals surface area (Å²) >= 11 is 0. The van der Waals surface area contributed by atoms with E-state index in [1.807, 2.05) is 32.0 Å². The van der Waals surface area contributed by atoms with E-state index in [1.54, 1.807) is 12.1 Å². The summed E-state index contributed by atoms with van der Waals surface area (Å²) in [6, 6.07) is 8.24. The van der Waals surface area contributed by atoms with Gasteiger partial charge in [-0.1, -0.05) is 38.0 Å². The van der Waals surface area contributed by atoms with Gasteiger partial charge < -0.3 is 10.4 Å². The lowest BCUT2D eigenvalue weighted by Crippen LogP contribution is -2.40. The third-order valence-electron chi connectivity index (χ3n) is 3.55. The SMILES string of the molecule is CCCC[C@H](NC(=O)c1cccc2ccc(C)nc12)C(=O)O. The molecule has 2 rings (SSSR count). The number of aromatic nitrogens is 1. The lowest BCUT2D eigenvalue weighted by atomic mass is 10.1. The van der Waals surface area contributed by atoms with Gasteiger partial charge >= 0.3 is 5.97 Å². The molecule has 1 atom stereocenters. The molecule has 0 unspecified atom stereocenters. The van der Waals surface area contributed by atoms with Crippen molar-refractivity contribution >= 4 is 22.8 Å². The number of unbranched alkanes of at least 4 members (excludes halogenated alkanes) is 1. The number of carboxylic acids is 1. The number of para-hydroxylation sites is 1. The van der Waals surface area contributed by atoms with E-state index in [2.05, 4.69) is 10.3 Å². The average molecular weight is 300 g/mol. The van der Waals surface area contributed by atoms with Crippen LogP contribution in [0.3, 0.4) is 0 Å². The van der Waals surface area contributed by atoms with Crippen molar-refractivity contribution in [1.82, 2.24) is 10.3 Å². The third-order valence-corrected chi connectivity index (χ3v) is 3.55. The molecular formula is C17H20N2O3. The number of rotatable bonds is 6. The minimum absolute atomic E-state index is 0.396. The Hall–Kier alpha value is -2.43. The van der Waals surface area contributed by atoms with Crippen molar-refractivity contribution in [2.24, 2.45) is 0 Å². The van der Waals surface area contributed by atoms with E-state index in [4.69, 9.17) is 0 Å². The van der Waals surface area contributed by atoms with Gasteiger partial charge in [-0.2, -0.15) is 0 Å². The van der Waals surface area contributed by atoms with Crippen LogP contribution in [0.25, 0.3) is 10.9 Å². The highest BCUT2D eigenvalue weighted by atomic mass is 16.4. The number of benzene rings is 1. The minimum atomic E-state index is -1.01. The highest BCUT2D eigenvalue weighted by molar-refractivity contribution is 6.06. The van der Waals surface area contributed by atoms with Crippen molar-refractivity contribution in [3.63, 3.8) is 0 Å². The molecule has 0 saturated heterocycles. The Morgan fingerprint density at radius 3 is 2.73 bits per heavy atom. The molecule has 2 aromatic rings. The number of carboxylic acid groups (broad SMARTS) is 1. The summed E-state index contributed by atoms with van der Waals surface area (Å²) in [5.41, 5.74) is 1.82. The average Bonchev–Trinajstić information content (AvgIpc) is 2.50. The molecule has 5 heteroatoms. The van der Waals surface area contributed by atoms with Crippen LogP contribution in [0, 0.1) is 6.92 Å². The lowest BCUT2D eigenvalue weighted by Gasteiger charge is -2.15. The number of fused-ring (bicyclic) bond motifs is 1. The van der Waals surface area contributed by atoms with Crippen molar-refractivity contribution in [2.45, 2.75) is 39.2 Å². The van der Waals surface area contributed by atoms with Crippen LogP contribution in [0.5, 0.6) is 0 Å². The highest BCUT2D eigenvalue weighted by Gasteiger charge is 2.21. The first-order valence-corrected chi connectivity index (χ1v) is 7.43. The fourth-order valence-corrected chi connectivity index (χ4v) is 2.33. The molecule has 1 aromatic heterocycles. The van der Waals surface area contributed by atoms with Crippen molar-refractivity contribution in [2.75, 3.05) is 0 Å². The Bertz CT molecular complexity index is 697. The third kappa shape index (κ3) is 3.61. The first kappa shape index (κ1) is 15.9. The molecule has 0 radical (unpaired) electrons. The number of carbonyl (C=O) groups is 2. The normalized spacial score (nSPS) is 12.1. The molecule has 0 saturated carbocycles. The first-order valence-electron chi connectivity index (χ1n) is 7.43. The number of carbonyl (C=O) groups excluding carboxylic acids is 1. The molecule has 1 amide bonds. The minimum Gasteiger partial charge on any atom is -0.480 e. The number of nitrogens with zero attached hydrogens (tertiary/aromatic N) is 1. The number of pyridine rings is 1. The highest BCUT2D eigenvalue weighted by Crippen LogP contribution is 2.17. The van der Waals surface area contributed by atoms with Crippen LogP contribution in [0.1, 0.15) is 42.2 Å². The summed E-state index contributed by atoms with van der Waals surface area (Å²) in [5, 5.41) is 12.7. The zero-order chi connectivity index (χ0) is 16.1. The molecule has 0 aliphatic rings. The molecule has 0 bridgehead atoms. The van der Waals surface area contributed by atoms with Crippen LogP contribution in [-0.4, -0.2) is 28.0 Å². The Morgan fingerprint density at radius 1 is 1.27 bits per heavy atom. The van der Waals surface area contributed by atoms with Crippen molar-refractivity contribution in [3.05, 3.63) is 41.6 Å². The monoisotopic (exact) mass is 300 g/mol. The molecule has 0 spiro atoms. The van der Waals surface area contributed by atoms with Gasteiger partial charge in [0, 0.05) is 11.1 Å². The second-order valence-electron chi connectivity index (χ2n) is 5.34. The molecule has 1 heterocycles. The van der Waals surface area contributed by atoms with Gasteiger partial charge in [0.15, 0.2) is 0 Å². The van der Waals surface area contributed by atoms with Gasteiger partial charge in [-0.25, -0.2) is 4.79 Å². The Kier molecular flexibility index (Phi) is 5.09. The van der Waals surface area contributed by atoms with Crippen molar-refractivity contribution < 1.29 is 14.7 Å². The standard InChI is InChI=1S/C17H20N2O3/c1-3-4-8-14(17(21)22)19-16(20)13-7-5-6-12-10-9-11(2)18-15(12)13/h5-7,9-10,14H,3-4,8H2,1-2H3,(H,19,20)(H,21,22)/t14-/m0/s1. The van der Waals surface area contributed by atoms with Crippen LogP contribution in [0.15, 0.2) is 30.3 Å². The van der Waals surface area contributed by atoms with E-state index in [9.17, 15) is 14.7 Å². The zero-order valence-electron chi connectivity index (χ0n) is 12.8. The number of hydrogen-bond donors (Lipinski definition) is 2. The summed E-state index contributed by atoms with van der Waals surface area (Å²) in [7, 11) is 0. The topological polar surface area (TPSA) is 79.3 Å². The smallest absolute Gasteiger partial charge is 0.326 e. The fraction of sp³-hybridized carbons (Fsp3) is 0.353. The Balaban J connectivity index is 2.29. The zero-order valence-corrected chi connectivity index (χ0v) is 12.8. The molecule has 1 aromatic carbocycles. The summed E-state index contributed by atoms with van der Waals surface area (Å²) in [6.45, 7) is 3.84. The maximum atomic E-state index is 12.4. The molecule has 2 N–H and O–H groups in total. The number of aryl methyl sites for hydroxylation is 1. The maximum Gasteiger partial charge on any atom is 0.326 e. The number of hydrogen-bond acceptors (Lipinski definition) is 3. The second kappa shape index (κ2) is 7.02. The predicted molar refractivity (Wildman–Crippen MR) is 84.9 cm³/mol. The van der Waals surface area contributed by atoms with Gasteiger partial charge in [-0.15, -0.1) is 0 Å². The number of amides is 1. The van der Waals surface area contributed by atoms with Crippen LogP contribution < -0.4 is 5.32 Å². The van der Waals surface area contributed by atoms with Gasteiger partial charge in [0.05, 0.1) is 11.1 Å². The quantitative estimate of drug-likeness (QED) is 0.859. The van der Waals surface area contributed by atoms with E-state index in [0.717, 1.165) is 23.9 Å². The molecule has 0 aliphatic heterocycles. The molecule has 0 fully saturated rings. The second-order valence-corrected chi connectivity index (χ2v) is 5.34. The maximum absolute atomic E-state index is 12.4. The van der Waals surface area contributed by atoms with E-state index in [-0.39, 0.29) is 0 Å². The molecule has 0 aliphatic carbocycles. The van der Waals surface area contributed by atoms with Gasteiger partial charge in [0.2, 0.25) is 0 Å². The first-order chi connectivity index (χ1) is 10.5. The summed E-state index contributed by atoms with van der Waals surface area (Å²) in [6.07, 6.45) is 2.06. The van der Waals surface area contributed by atoms with Crippen molar-refractivity contribution in [3.8, 4) is 0 Å². The molecule has 5 nitrogen and oxygen atoms in total. The molecular weight excluding hydrogens is 280 g/mol. The van der Waals surface area contributed by atoms with E-state index in [0.29, 0.717) is 17.5 Å². The molecule has 116 valence electrons. The predicted octanol–water partition coefficient (Wildman–Crippen LogP) is 2.92. The van der Waals surface area contributed by atoms with Crippen LogP contribution >= 0.6 is 0 Å². The van der Waals surface area contributed by atoms with Gasteiger partial charge in [0.25, 0.3) is 5.91 Å². The Labute approximate surface area is 129 Å². The van der Waals surface area contributed by atoms with Crippen LogP contribution in [0.4, 0.5) is 0 Å². The van der Waals surface area contributed by atoms with E-state index in [1.165, 1.54) is 0 Å². The fourth-order valence-electron chi connectivity index (χ4n) is 2.33. The largest absolute Gasteiger partial charge is 0.480 e. The van der Waals surface area contributed by atoms with Gasteiger partial charge in [-0.3, -0.25) is 9.78 Å². The summed E-state index contributed by atoms with van der Waals surface area (Å²) in [4.78, 5) is 28.1. The Morgan fingerprint density at radius 2 is 2.05 bits per heavy atom. The van der Waals surface area contributed by atoms with Gasteiger partial charge in [0.1, 0.15) is 6.04 Å². The van der Waals surface area contributed by atoms with Crippen molar-refractivity contribution in [1.29, 1.82) is 0 Å². The van der Waals surface area contributed by atoms with Crippen LogP contribution in [-0.2, 0) is 4.79 Å². The summed E-state index contributed by atoms with van der Waals surface area (Å²) in [5.74, 6) is -1.40. The van der Waals surface area contributed by atoms with Crippen LogP contribution in [0.2, 0.25) is 0 Å². The number of aliphatic carboxylic acids is 1. The van der Waals surface area contributed by atoms with E-state index < -0.39 is 17.9 Å². The van der Waals surface area contributed by atoms with E-state index >= 15 is 0 Å². The number of nitrogens with one attached hydrogen (secondary N) is 1.